The Kier molecular flexibility index (Phi) is 7.63. The molecule has 0 aliphatic heterocycles. The van der Waals surface area contributed by atoms with Crippen molar-refractivity contribution >= 4 is 12.0 Å². The minimum Gasteiger partial charge on any atom is -0.494 e. The number of carboxylic acids is 1. The number of rotatable bonds is 9. The van der Waals surface area contributed by atoms with Crippen LogP contribution in [0.2, 0.25) is 0 Å². The fourth-order valence-electron chi connectivity index (χ4n) is 2.51. The summed E-state index contributed by atoms with van der Waals surface area (Å²) in [5.41, 5.74) is 1.92. The minimum atomic E-state index is -0.981. The van der Waals surface area contributed by atoms with Crippen LogP contribution in [0, 0.1) is 0 Å². The van der Waals surface area contributed by atoms with Gasteiger partial charge in [-0.1, -0.05) is 24.3 Å². The Morgan fingerprint density at radius 3 is 2.30 bits per heavy atom. The molecule has 0 radical (unpaired) electrons. The average molecular weight is 372 g/mol. The molecule has 0 spiro atoms. The van der Waals surface area contributed by atoms with E-state index in [0.29, 0.717) is 13.2 Å². The van der Waals surface area contributed by atoms with Crippen LogP contribution in [0.5, 0.6) is 5.75 Å². The van der Waals surface area contributed by atoms with Gasteiger partial charge in [-0.25, -0.2) is 9.59 Å². The summed E-state index contributed by atoms with van der Waals surface area (Å²) in [6, 6.07) is 13.2. The van der Waals surface area contributed by atoms with Gasteiger partial charge in [0.25, 0.3) is 0 Å². The third-order valence-corrected chi connectivity index (χ3v) is 3.89. The number of carbonyl (C=O) groups excluding carboxylic acids is 1. The van der Waals surface area contributed by atoms with E-state index < -0.39 is 5.97 Å². The molecule has 2 aromatic rings. The fourth-order valence-corrected chi connectivity index (χ4v) is 2.51. The molecular formula is C20H24N2O5. The standard InChI is InChI=1S/C20H24N2O5/c1-3-27-17-10-8-15(9-11-17)18(13-26-2)22-20(25)21-12-14-4-6-16(7-5-14)19(23)24/h4-11,18H,3,12-13H2,1-2H3,(H,23,24)(H2,21,22,25). The number of methoxy groups -OCH3 is 1. The molecule has 1 atom stereocenters. The van der Waals surface area contributed by atoms with Crippen LogP contribution < -0.4 is 15.4 Å². The van der Waals surface area contributed by atoms with Gasteiger partial charge in [0.2, 0.25) is 0 Å². The Morgan fingerprint density at radius 1 is 1.07 bits per heavy atom. The lowest BCUT2D eigenvalue weighted by atomic mass is 10.1. The van der Waals surface area contributed by atoms with Crippen molar-refractivity contribution in [2.24, 2.45) is 0 Å². The van der Waals surface area contributed by atoms with E-state index >= 15 is 0 Å². The van der Waals surface area contributed by atoms with E-state index in [9.17, 15) is 9.59 Å². The number of urea groups is 1. The lowest BCUT2D eigenvalue weighted by Crippen LogP contribution is -2.39. The molecule has 27 heavy (non-hydrogen) atoms. The molecule has 2 aromatic carbocycles. The van der Waals surface area contributed by atoms with Crippen molar-refractivity contribution in [2.45, 2.75) is 19.5 Å². The topological polar surface area (TPSA) is 96.9 Å². The number of ether oxygens (including phenoxy) is 2. The monoisotopic (exact) mass is 372 g/mol. The van der Waals surface area contributed by atoms with Crippen LogP contribution >= 0.6 is 0 Å². The first kappa shape index (κ1) is 20.3. The number of nitrogens with one attached hydrogen (secondary N) is 2. The zero-order chi connectivity index (χ0) is 19.6. The molecule has 7 nitrogen and oxygen atoms in total. The number of carbonyl (C=O) groups is 2. The molecule has 7 heteroatoms. The second kappa shape index (κ2) is 10.2. The largest absolute Gasteiger partial charge is 0.494 e. The summed E-state index contributed by atoms with van der Waals surface area (Å²) in [5.74, 6) is -0.211. The van der Waals surface area contributed by atoms with Crippen LogP contribution in [0.3, 0.4) is 0 Å². The predicted molar refractivity (Wildman–Crippen MR) is 101 cm³/mol. The summed E-state index contributed by atoms with van der Waals surface area (Å²) in [6.07, 6.45) is 0. The summed E-state index contributed by atoms with van der Waals surface area (Å²) >= 11 is 0. The van der Waals surface area contributed by atoms with E-state index in [1.165, 1.54) is 12.1 Å². The maximum absolute atomic E-state index is 12.2. The fraction of sp³-hybridized carbons (Fsp3) is 0.300. The number of carboxylic acid groups (broad SMARTS) is 1. The van der Waals surface area contributed by atoms with Gasteiger partial charge in [0.1, 0.15) is 5.75 Å². The summed E-state index contributed by atoms with van der Waals surface area (Å²) < 4.78 is 10.6. The van der Waals surface area contributed by atoms with Gasteiger partial charge in [0.05, 0.1) is 24.8 Å². The van der Waals surface area contributed by atoms with Gasteiger partial charge in [0, 0.05) is 13.7 Å². The molecule has 2 amide bonds. The van der Waals surface area contributed by atoms with Gasteiger partial charge in [-0.3, -0.25) is 0 Å². The quantitative estimate of drug-likeness (QED) is 0.629. The molecule has 0 aliphatic rings. The summed E-state index contributed by atoms with van der Waals surface area (Å²) in [6.45, 7) is 3.13. The highest BCUT2D eigenvalue weighted by molar-refractivity contribution is 5.87. The second-order valence-electron chi connectivity index (χ2n) is 5.84. The molecule has 0 heterocycles. The van der Waals surface area contributed by atoms with Crippen LogP contribution in [0.25, 0.3) is 0 Å². The van der Waals surface area contributed by atoms with Crippen LogP contribution in [0.15, 0.2) is 48.5 Å². The van der Waals surface area contributed by atoms with E-state index in [-0.39, 0.29) is 24.2 Å². The Bertz CT molecular complexity index is 744. The molecule has 0 aliphatic carbocycles. The highest BCUT2D eigenvalue weighted by Gasteiger charge is 2.14. The lowest BCUT2D eigenvalue weighted by Gasteiger charge is -2.19. The highest BCUT2D eigenvalue weighted by atomic mass is 16.5. The van der Waals surface area contributed by atoms with E-state index in [4.69, 9.17) is 14.6 Å². The number of amides is 2. The van der Waals surface area contributed by atoms with Crippen LogP contribution in [0.1, 0.15) is 34.5 Å². The van der Waals surface area contributed by atoms with E-state index in [1.807, 2.05) is 31.2 Å². The van der Waals surface area contributed by atoms with Gasteiger partial charge >= 0.3 is 12.0 Å². The van der Waals surface area contributed by atoms with Crippen molar-refractivity contribution in [1.29, 1.82) is 0 Å². The average Bonchev–Trinajstić information content (AvgIpc) is 2.67. The summed E-state index contributed by atoms with van der Waals surface area (Å²) in [4.78, 5) is 23.1. The molecule has 2 rings (SSSR count). The molecule has 3 N–H and O–H groups in total. The molecular weight excluding hydrogens is 348 g/mol. The highest BCUT2D eigenvalue weighted by Crippen LogP contribution is 2.18. The van der Waals surface area contributed by atoms with Gasteiger partial charge in [-0.05, 0) is 42.3 Å². The van der Waals surface area contributed by atoms with Gasteiger partial charge < -0.3 is 25.2 Å². The molecule has 0 fully saturated rings. The van der Waals surface area contributed by atoms with Gasteiger partial charge in [-0.2, -0.15) is 0 Å². The third-order valence-electron chi connectivity index (χ3n) is 3.89. The van der Waals surface area contributed by atoms with E-state index in [0.717, 1.165) is 16.9 Å². The Morgan fingerprint density at radius 2 is 1.74 bits per heavy atom. The minimum absolute atomic E-state index is 0.207. The zero-order valence-corrected chi connectivity index (χ0v) is 15.4. The van der Waals surface area contributed by atoms with Crippen LogP contribution in [-0.2, 0) is 11.3 Å². The van der Waals surface area contributed by atoms with Gasteiger partial charge in [-0.15, -0.1) is 0 Å². The maximum atomic E-state index is 12.2. The smallest absolute Gasteiger partial charge is 0.335 e. The van der Waals surface area contributed by atoms with Crippen LogP contribution in [-0.4, -0.2) is 37.4 Å². The number of aromatic carboxylic acids is 1. The zero-order valence-electron chi connectivity index (χ0n) is 15.4. The first-order valence-corrected chi connectivity index (χ1v) is 8.61. The normalized spacial score (nSPS) is 11.5. The SMILES string of the molecule is CCOc1ccc(C(COC)NC(=O)NCc2ccc(C(=O)O)cc2)cc1. The molecule has 0 bridgehead atoms. The predicted octanol–water partition coefficient (Wildman–Crippen LogP) is 2.97. The first-order chi connectivity index (χ1) is 13.0. The molecule has 0 aromatic heterocycles. The van der Waals surface area contributed by atoms with Crippen molar-refractivity contribution < 1.29 is 24.2 Å². The lowest BCUT2D eigenvalue weighted by molar-refractivity contribution is 0.0697. The Hall–Kier alpha value is -3.06. The third kappa shape index (κ3) is 6.31. The van der Waals surface area contributed by atoms with Gasteiger partial charge in [0.15, 0.2) is 0 Å². The number of hydrogen-bond donors (Lipinski definition) is 3. The maximum Gasteiger partial charge on any atom is 0.335 e. The molecule has 0 saturated carbocycles. The Balaban J connectivity index is 1.92. The Labute approximate surface area is 158 Å². The summed E-state index contributed by atoms with van der Waals surface area (Å²) in [7, 11) is 1.57. The molecule has 144 valence electrons. The van der Waals surface area contributed by atoms with Crippen molar-refractivity contribution in [3.05, 3.63) is 65.2 Å². The molecule has 0 saturated heterocycles. The van der Waals surface area contributed by atoms with E-state index in [1.54, 1.807) is 19.2 Å². The van der Waals surface area contributed by atoms with Crippen molar-refractivity contribution in [2.75, 3.05) is 20.3 Å². The second-order valence-corrected chi connectivity index (χ2v) is 5.84. The number of hydrogen-bond acceptors (Lipinski definition) is 4. The van der Waals surface area contributed by atoms with Crippen molar-refractivity contribution in [3.63, 3.8) is 0 Å². The van der Waals surface area contributed by atoms with Crippen molar-refractivity contribution in [1.82, 2.24) is 10.6 Å². The summed E-state index contributed by atoms with van der Waals surface area (Å²) in [5, 5.41) is 14.5. The molecule has 1 unspecified atom stereocenters. The van der Waals surface area contributed by atoms with E-state index in [2.05, 4.69) is 10.6 Å². The number of benzene rings is 2. The first-order valence-electron chi connectivity index (χ1n) is 8.61. The van der Waals surface area contributed by atoms with Crippen LogP contribution in [0.4, 0.5) is 4.79 Å². The van der Waals surface area contributed by atoms with Crippen molar-refractivity contribution in [3.8, 4) is 5.75 Å².